The van der Waals surface area contributed by atoms with Crippen LogP contribution in [0.1, 0.15) is 12.5 Å². The van der Waals surface area contributed by atoms with Gasteiger partial charge in [-0.2, -0.15) is 0 Å². The molecule has 0 saturated carbocycles. The van der Waals surface area contributed by atoms with Gasteiger partial charge in [-0.15, -0.1) is 0 Å². The predicted molar refractivity (Wildman–Crippen MR) is 49.8 cm³/mol. The lowest BCUT2D eigenvalue weighted by Gasteiger charge is -2.05. The van der Waals surface area contributed by atoms with Crippen molar-refractivity contribution in [3.63, 3.8) is 0 Å². The third-order valence-electron chi connectivity index (χ3n) is 2.05. The van der Waals surface area contributed by atoms with Gasteiger partial charge >= 0.3 is 0 Å². The SMILES string of the molecule is CC1(c2cc(Cl)cc(Cl)c2)CO1. The summed E-state index contributed by atoms with van der Waals surface area (Å²) in [6.07, 6.45) is 0. The molecule has 1 atom stereocenters. The number of halogens is 2. The Hall–Kier alpha value is -0.240. The Morgan fingerprint density at radius 2 is 1.75 bits per heavy atom. The molecule has 0 spiro atoms. The molecule has 2 rings (SSSR count). The highest BCUT2D eigenvalue weighted by molar-refractivity contribution is 6.34. The molecule has 0 aromatic heterocycles. The first-order valence-corrected chi connectivity index (χ1v) is 4.46. The van der Waals surface area contributed by atoms with Crippen LogP contribution in [0.5, 0.6) is 0 Å². The molecule has 1 aromatic rings. The van der Waals surface area contributed by atoms with E-state index in [1.54, 1.807) is 6.07 Å². The summed E-state index contributed by atoms with van der Waals surface area (Å²) in [6, 6.07) is 5.50. The summed E-state index contributed by atoms with van der Waals surface area (Å²) < 4.78 is 5.27. The second kappa shape index (κ2) is 2.63. The largest absolute Gasteiger partial charge is 0.365 e. The van der Waals surface area contributed by atoms with Crippen molar-refractivity contribution < 1.29 is 4.74 Å². The first kappa shape index (κ1) is 8.36. The van der Waals surface area contributed by atoms with E-state index in [1.807, 2.05) is 19.1 Å². The highest BCUT2D eigenvalue weighted by Crippen LogP contribution is 2.39. The first-order valence-electron chi connectivity index (χ1n) is 3.71. The summed E-state index contributed by atoms with van der Waals surface area (Å²) in [7, 11) is 0. The molecule has 0 aliphatic carbocycles. The minimum Gasteiger partial charge on any atom is -0.365 e. The van der Waals surface area contributed by atoms with E-state index in [-0.39, 0.29) is 5.60 Å². The van der Waals surface area contributed by atoms with E-state index in [9.17, 15) is 0 Å². The van der Waals surface area contributed by atoms with E-state index >= 15 is 0 Å². The molecule has 1 heterocycles. The smallest absolute Gasteiger partial charge is 0.114 e. The molecule has 3 heteroatoms. The number of hydrogen-bond donors (Lipinski definition) is 0. The van der Waals surface area contributed by atoms with Crippen molar-refractivity contribution in [3.8, 4) is 0 Å². The van der Waals surface area contributed by atoms with Gasteiger partial charge in [0, 0.05) is 10.0 Å². The maximum atomic E-state index is 5.84. The van der Waals surface area contributed by atoms with Gasteiger partial charge in [-0.3, -0.25) is 0 Å². The lowest BCUT2D eigenvalue weighted by atomic mass is 10.0. The highest BCUT2D eigenvalue weighted by Gasteiger charge is 2.41. The van der Waals surface area contributed by atoms with Gasteiger partial charge in [0.25, 0.3) is 0 Å². The van der Waals surface area contributed by atoms with Crippen molar-refractivity contribution in [3.05, 3.63) is 33.8 Å². The van der Waals surface area contributed by atoms with E-state index < -0.39 is 0 Å². The van der Waals surface area contributed by atoms with Crippen molar-refractivity contribution in [2.24, 2.45) is 0 Å². The van der Waals surface area contributed by atoms with Crippen LogP contribution in [0.3, 0.4) is 0 Å². The quantitative estimate of drug-likeness (QED) is 0.638. The molecule has 12 heavy (non-hydrogen) atoms. The summed E-state index contributed by atoms with van der Waals surface area (Å²) >= 11 is 11.7. The summed E-state index contributed by atoms with van der Waals surface area (Å²) in [6.45, 7) is 2.78. The van der Waals surface area contributed by atoms with Crippen LogP contribution in [0.2, 0.25) is 10.0 Å². The minimum atomic E-state index is -0.144. The number of epoxide rings is 1. The maximum Gasteiger partial charge on any atom is 0.114 e. The molecule has 64 valence electrons. The first-order chi connectivity index (χ1) is 5.60. The van der Waals surface area contributed by atoms with Crippen molar-refractivity contribution in [2.75, 3.05) is 6.61 Å². The lowest BCUT2D eigenvalue weighted by Crippen LogP contribution is -2.01. The van der Waals surface area contributed by atoms with E-state index in [0.717, 1.165) is 12.2 Å². The van der Waals surface area contributed by atoms with Crippen LogP contribution in [0.25, 0.3) is 0 Å². The minimum absolute atomic E-state index is 0.144. The summed E-state index contributed by atoms with van der Waals surface area (Å²) in [5.41, 5.74) is 0.911. The topological polar surface area (TPSA) is 12.5 Å². The Morgan fingerprint density at radius 1 is 1.25 bits per heavy atom. The normalized spacial score (nSPS) is 27.2. The van der Waals surface area contributed by atoms with Crippen LogP contribution in [0.15, 0.2) is 18.2 Å². The Balaban J connectivity index is 2.44. The number of benzene rings is 1. The van der Waals surface area contributed by atoms with Crippen molar-refractivity contribution in [1.29, 1.82) is 0 Å². The van der Waals surface area contributed by atoms with Crippen LogP contribution >= 0.6 is 23.2 Å². The Kier molecular flexibility index (Phi) is 1.83. The second-order valence-corrected chi connectivity index (χ2v) is 4.05. The van der Waals surface area contributed by atoms with E-state index in [0.29, 0.717) is 10.0 Å². The summed E-state index contributed by atoms with van der Waals surface area (Å²) in [5, 5.41) is 1.32. The predicted octanol–water partition coefficient (Wildman–Crippen LogP) is 3.24. The summed E-state index contributed by atoms with van der Waals surface area (Å²) in [5.74, 6) is 0. The average Bonchev–Trinajstić information content (AvgIpc) is 2.67. The van der Waals surface area contributed by atoms with Crippen molar-refractivity contribution >= 4 is 23.2 Å². The molecular formula is C9H8Cl2O. The molecule has 0 amide bonds. The van der Waals surface area contributed by atoms with Crippen molar-refractivity contribution in [2.45, 2.75) is 12.5 Å². The standard InChI is InChI=1S/C9H8Cl2O/c1-9(5-12-9)6-2-7(10)4-8(11)3-6/h2-4H,5H2,1H3. The van der Waals surface area contributed by atoms with E-state index in [1.165, 1.54) is 0 Å². The second-order valence-electron chi connectivity index (χ2n) is 3.18. The van der Waals surface area contributed by atoms with Gasteiger partial charge in [-0.05, 0) is 30.7 Å². The molecule has 1 nitrogen and oxygen atoms in total. The van der Waals surface area contributed by atoms with Gasteiger partial charge in [-0.25, -0.2) is 0 Å². The Labute approximate surface area is 81.2 Å². The summed E-state index contributed by atoms with van der Waals surface area (Å²) in [4.78, 5) is 0. The average molecular weight is 203 g/mol. The third-order valence-corrected chi connectivity index (χ3v) is 2.49. The molecule has 1 aliphatic rings. The fourth-order valence-electron chi connectivity index (χ4n) is 1.13. The van der Waals surface area contributed by atoms with Gasteiger partial charge in [0.2, 0.25) is 0 Å². The molecular weight excluding hydrogens is 195 g/mol. The van der Waals surface area contributed by atoms with E-state index in [2.05, 4.69) is 0 Å². The Bertz CT molecular complexity index is 298. The molecule has 1 aliphatic heterocycles. The third kappa shape index (κ3) is 1.45. The molecule has 1 aromatic carbocycles. The molecule has 1 saturated heterocycles. The molecule has 0 N–H and O–H groups in total. The molecule has 0 radical (unpaired) electrons. The molecule has 1 unspecified atom stereocenters. The van der Waals surface area contributed by atoms with Gasteiger partial charge in [0.15, 0.2) is 0 Å². The zero-order valence-corrected chi connectivity index (χ0v) is 8.12. The van der Waals surface area contributed by atoms with Crippen LogP contribution in [-0.4, -0.2) is 6.61 Å². The number of ether oxygens (including phenoxy) is 1. The lowest BCUT2D eigenvalue weighted by molar-refractivity contribution is 0.329. The molecule has 0 bridgehead atoms. The van der Waals surface area contributed by atoms with Crippen molar-refractivity contribution in [1.82, 2.24) is 0 Å². The van der Waals surface area contributed by atoms with Gasteiger partial charge in [0.05, 0.1) is 6.61 Å². The zero-order chi connectivity index (χ0) is 8.77. The van der Waals surface area contributed by atoms with Crippen LogP contribution < -0.4 is 0 Å². The maximum absolute atomic E-state index is 5.84. The number of hydrogen-bond acceptors (Lipinski definition) is 1. The van der Waals surface area contributed by atoms with Gasteiger partial charge in [0.1, 0.15) is 5.60 Å². The number of rotatable bonds is 1. The fraction of sp³-hybridized carbons (Fsp3) is 0.333. The van der Waals surface area contributed by atoms with Gasteiger partial charge in [-0.1, -0.05) is 23.2 Å². The molecule has 1 fully saturated rings. The zero-order valence-electron chi connectivity index (χ0n) is 6.60. The van der Waals surface area contributed by atoms with Gasteiger partial charge < -0.3 is 4.74 Å². The van der Waals surface area contributed by atoms with Crippen LogP contribution in [-0.2, 0) is 10.3 Å². The van der Waals surface area contributed by atoms with E-state index in [4.69, 9.17) is 27.9 Å². The monoisotopic (exact) mass is 202 g/mol. The fourth-order valence-corrected chi connectivity index (χ4v) is 1.66. The highest BCUT2D eigenvalue weighted by atomic mass is 35.5. The van der Waals surface area contributed by atoms with Crippen LogP contribution in [0, 0.1) is 0 Å². The van der Waals surface area contributed by atoms with Crippen LogP contribution in [0.4, 0.5) is 0 Å². The Morgan fingerprint density at radius 3 is 2.17 bits per heavy atom.